The first-order valence-corrected chi connectivity index (χ1v) is 7.89. The predicted octanol–water partition coefficient (Wildman–Crippen LogP) is 3.74. The van der Waals surface area contributed by atoms with E-state index in [1.165, 1.54) is 10.8 Å². The molecule has 0 aliphatic rings. The van der Waals surface area contributed by atoms with E-state index in [1.807, 2.05) is 30.8 Å². The summed E-state index contributed by atoms with van der Waals surface area (Å²) in [5.41, 5.74) is 2.93. The zero-order valence-corrected chi connectivity index (χ0v) is 13.4. The van der Waals surface area contributed by atoms with E-state index in [2.05, 4.69) is 62.0 Å². The van der Waals surface area contributed by atoms with E-state index >= 15 is 0 Å². The van der Waals surface area contributed by atoms with Crippen molar-refractivity contribution in [2.24, 2.45) is 7.05 Å². The maximum atomic E-state index is 4.50. The first kappa shape index (κ1) is 13.2. The normalized spacial score (nSPS) is 11.8. The lowest BCUT2D eigenvalue weighted by Gasteiger charge is -2.09. The van der Waals surface area contributed by atoms with Crippen LogP contribution in [0.2, 0.25) is 0 Å². The number of hydrogen-bond acceptors (Lipinski definition) is 3. The van der Waals surface area contributed by atoms with Crippen LogP contribution < -0.4 is 0 Å². The third-order valence-corrected chi connectivity index (χ3v) is 4.72. The van der Waals surface area contributed by atoms with Crippen molar-refractivity contribution in [3.05, 3.63) is 60.6 Å². The Bertz CT molecular complexity index is 1230. The number of aryl methyl sites for hydroxylation is 1. The highest BCUT2D eigenvalue weighted by molar-refractivity contribution is 6.12. The Balaban J connectivity index is 2.04. The molecule has 0 aliphatic heterocycles. The molecule has 24 heavy (non-hydrogen) atoms. The molecule has 116 valence electrons. The largest absolute Gasteiger partial charge is 0.329 e. The summed E-state index contributed by atoms with van der Waals surface area (Å²) in [6.45, 7) is 1.99. The molecule has 3 aromatic heterocycles. The Labute approximate surface area is 138 Å². The minimum absolute atomic E-state index is 0.815. The summed E-state index contributed by atoms with van der Waals surface area (Å²) in [6.07, 6.45) is 1.86. The van der Waals surface area contributed by atoms with E-state index < -0.39 is 0 Å². The van der Waals surface area contributed by atoms with Gasteiger partial charge in [-0.3, -0.25) is 4.40 Å². The van der Waals surface area contributed by atoms with Crippen molar-refractivity contribution in [2.45, 2.75) is 6.92 Å². The van der Waals surface area contributed by atoms with Crippen LogP contribution in [0.25, 0.3) is 38.8 Å². The van der Waals surface area contributed by atoms with Crippen molar-refractivity contribution in [1.29, 1.82) is 0 Å². The second-order valence-electron chi connectivity index (χ2n) is 6.00. The molecule has 0 N–H and O–H groups in total. The molecular formula is C19H15N5. The number of fused-ring (bicyclic) bond motifs is 6. The number of para-hydroxylation sites is 1. The van der Waals surface area contributed by atoms with Gasteiger partial charge in [0.2, 0.25) is 0 Å². The van der Waals surface area contributed by atoms with Crippen LogP contribution in [0.3, 0.4) is 0 Å². The second kappa shape index (κ2) is 4.64. The zero-order valence-electron chi connectivity index (χ0n) is 13.4. The number of rotatable bonds is 1. The van der Waals surface area contributed by atoms with Gasteiger partial charge in [0.15, 0.2) is 11.5 Å². The van der Waals surface area contributed by atoms with Gasteiger partial charge in [-0.2, -0.15) is 0 Å². The maximum Gasteiger partial charge on any atom is 0.187 e. The summed E-state index contributed by atoms with van der Waals surface area (Å²) in [5.74, 6) is 1.77. The monoisotopic (exact) mass is 313 g/mol. The molecule has 5 nitrogen and oxygen atoms in total. The molecule has 0 fully saturated rings. The van der Waals surface area contributed by atoms with Crippen LogP contribution in [-0.2, 0) is 7.05 Å². The van der Waals surface area contributed by atoms with Crippen LogP contribution in [0.5, 0.6) is 0 Å². The topological polar surface area (TPSA) is 48.0 Å². The summed E-state index contributed by atoms with van der Waals surface area (Å²) >= 11 is 0. The fourth-order valence-electron chi connectivity index (χ4n) is 3.37. The van der Waals surface area contributed by atoms with Crippen LogP contribution in [0, 0.1) is 6.92 Å². The van der Waals surface area contributed by atoms with Crippen molar-refractivity contribution in [3.63, 3.8) is 0 Å². The highest BCUT2D eigenvalue weighted by atomic mass is 15.3. The second-order valence-corrected chi connectivity index (χ2v) is 6.00. The van der Waals surface area contributed by atoms with Gasteiger partial charge >= 0.3 is 0 Å². The van der Waals surface area contributed by atoms with Crippen LogP contribution in [0.4, 0.5) is 0 Å². The van der Waals surface area contributed by atoms with Crippen LogP contribution in [0.15, 0.2) is 54.7 Å². The van der Waals surface area contributed by atoms with E-state index in [4.69, 9.17) is 0 Å². The number of nitrogens with zero attached hydrogens (tertiary/aromatic N) is 5. The minimum Gasteiger partial charge on any atom is -0.329 e. The molecule has 2 aromatic carbocycles. The molecule has 0 bridgehead atoms. The molecule has 0 atom stereocenters. The average Bonchev–Trinajstić information content (AvgIpc) is 3.20. The summed E-state index contributed by atoms with van der Waals surface area (Å²) in [4.78, 5) is 4.40. The lowest BCUT2D eigenvalue weighted by atomic mass is 10.1. The Morgan fingerprint density at radius 3 is 2.29 bits per heavy atom. The predicted molar refractivity (Wildman–Crippen MR) is 94.9 cm³/mol. The number of hydrogen-bond donors (Lipinski definition) is 0. The van der Waals surface area contributed by atoms with Gasteiger partial charge in [-0.05, 0) is 18.4 Å². The molecule has 0 unspecified atom stereocenters. The lowest BCUT2D eigenvalue weighted by molar-refractivity contribution is 0.855. The Kier molecular flexibility index (Phi) is 2.56. The van der Waals surface area contributed by atoms with Gasteiger partial charge in [0, 0.05) is 17.8 Å². The third kappa shape index (κ3) is 1.61. The fraction of sp³-hybridized carbons (Fsp3) is 0.105. The van der Waals surface area contributed by atoms with Gasteiger partial charge in [0.05, 0.1) is 11.7 Å². The van der Waals surface area contributed by atoms with Crippen LogP contribution >= 0.6 is 0 Å². The van der Waals surface area contributed by atoms with Crippen molar-refractivity contribution >= 4 is 27.3 Å². The van der Waals surface area contributed by atoms with Gasteiger partial charge < -0.3 is 4.57 Å². The fourth-order valence-corrected chi connectivity index (χ4v) is 3.37. The molecular weight excluding hydrogens is 298 g/mol. The third-order valence-electron chi connectivity index (χ3n) is 4.72. The highest BCUT2D eigenvalue weighted by Gasteiger charge is 2.17. The molecule has 0 saturated heterocycles. The number of imidazole rings is 1. The van der Waals surface area contributed by atoms with Gasteiger partial charge in [0.1, 0.15) is 11.5 Å². The van der Waals surface area contributed by atoms with Gasteiger partial charge in [0.25, 0.3) is 0 Å². The van der Waals surface area contributed by atoms with Crippen molar-refractivity contribution in [2.75, 3.05) is 0 Å². The molecule has 0 aliphatic carbocycles. The molecule has 5 rings (SSSR count). The summed E-state index contributed by atoms with van der Waals surface area (Å²) < 4.78 is 4.18. The Morgan fingerprint density at radius 1 is 0.833 bits per heavy atom. The summed E-state index contributed by atoms with van der Waals surface area (Å²) in [7, 11) is 2.00. The van der Waals surface area contributed by atoms with E-state index in [9.17, 15) is 0 Å². The molecule has 0 saturated carbocycles. The van der Waals surface area contributed by atoms with Crippen molar-refractivity contribution < 1.29 is 0 Å². The maximum absolute atomic E-state index is 4.50. The minimum atomic E-state index is 0.815. The first-order chi connectivity index (χ1) is 11.8. The molecule has 5 heteroatoms. The summed E-state index contributed by atoms with van der Waals surface area (Å²) in [5, 5.41) is 12.5. The lowest BCUT2D eigenvalue weighted by Crippen LogP contribution is -1.99. The van der Waals surface area contributed by atoms with Gasteiger partial charge in [-0.25, -0.2) is 4.98 Å². The first-order valence-electron chi connectivity index (χ1n) is 7.89. The van der Waals surface area contributed by atoms with E-state index in [0.717, 1.165) is 33.9 Å². The van der Waals surface area contributed by atoms with E-state index in [-0.39, 0.29) is 0 Å². The number of pyridine rings is 1. The van der Waals surface area contributed by atoms with Crippen LogP contribution in [0.1, 0.15) is 5.82 Å². The molecule has 3 heterocycles. The summed E-state index contributed by atoms with van der Waals surface area (Å²) in [6, 6.07) is 16.7. The highest BCUT2D eigenvalue weighted by Crippen LogP contribution is 2.31. The zero-order chi connectivity index (χ0) is 16.3. The molecule has 5 aromatic rings. The van der Waals surface area contributed by atoms with E-state index in [0.29, 0.717) is 0 Å². The Hall–Kier alpha value is -3.21. The molecule has 0 radical (unpaired) electrons. The van der Waals surface area contributed by atoms with Gasteiger partial charge in [-0.1, -0.05) is 42.5 Å². The average molecular weight is 313 g/mol. The SMILES string of the molecule is Cc1ncc(-c2nnc3c4ccccc4c4ccccc4n23)n1C. The van der Waals surface area contributed by atoms with Crippen LogP contribution in [-0.4, -0.2) is 24.1 Å². The quantitative estimate of drug-likeness (QED) is 0.443. The molecule has 0 amide bonds. The Morgan fingerprint density at radius 2 is 1.54 bits per heavy atom. The standard InChI is InChI=1S/C19H15N5/c1-12-20-11-17(23(12)2)19-22-21-18-15-9-4-3-7-13(15)14-8-5-6-10-16(14)24(18)19/h3-11H,1-2H3. The van der Waals surface area contributed by atoms with Crippen molar-refractivity contribution in [1.82, 2.24) is 24.1 Å². The van der Waals surface area contributed by atoms with Gasteiger partial charge in [-0.15, -0.1) is 10.2 Å². The molecule has 0 spiro atoms. The number of aromatic nitrogens is 5. The smallest absolute Gasteiger partial charge is 0.187 e. The number of benzene rings is 2. The van der Waals surface area contributed by atoms with E-state index in [1.54, 1.807) is 0 Å². The van der Waals surface area contributed by atoms with Crippen molar-refractivity contribution in [3.8, 4) is 11.5 Å².